The van der Waals surface area contributed by atoms with Gasteiger partial charge in [-0.05, 0) is 112 Å². The van der Waals surface area contributed by atoms with Crippen LogP contribution in [0.2, 0.25) is 0 Å². The van der Waals surface area contributed by atoms with Crippen LogP contribution in [0.5, 0.6) is 0 Å². The van der Waals surface area contributed by atoms with Crippen molar-refractivity contribution >= 4 is 24.4 Å². The van der Waals surface area contributed by atoms with E-state index in [1.54, 1.807) is 24.3 Å². The molecule has 3 nitrogen and oxygen atoms in total. The van der Waals surface area contributed by atoms with E-state index in [9.17, 15) is 14.2 Å². The third kappa shape index (κ3) is 3.98. The van der Waals surface area contributed by atoms with Crippen molar-refractivity contribution in [2.75, 3.05) is 0 Å². The Kier molecular flexibility index (Phi) is 6.62. The maximum atomic E-state index is 13.6. The molecule has 3 aromatic carbocycles. The number of carbonyl (C=O) groups is 2. The SMILES string of the molecule is Cc1cc(C)c(C(=O)c2ccccc2[P](=O)C(=O)c2c(C)cc(C)c(C)c2C)c(C)c1C. The smallest absolute Gasteiger partial charge is 0.247 e. The Balaban J connectivity index is 2.14. The molecule has 0 aromatic heterocycles. The molecule has 0 heterocycles. The monoisotopic (exact) mass is 445 g/mol. The first-order chi connectivity index (χ1) is 15.0. The lowest BCUT2D eigenvalue weighted by molar-refractivity contribution is 0.103. The molecule has 1 unspecified atom stereocenters. The zero-order chi connectivity index (χ0) is 23.9. The zero-order valence-corrected chi connectivity index (χ0v) is 21.0. The number of hydrogen-bond donors (Lipinski definition) is 0. The predicted molar refractivity (Wildman–Crippen MR) is 132 cm³/mol. The van der Waals surface area contributed by atoms with Gasteiger partial charge in [0.05, 0.1) is 5.30 Å². The molecule has 0 bridgehead atoms. The molecule has 0 amide bonds. The molecule has 4 heteroatoms. The molecular formula is C28H30O3P. The van der Waals surface area contributed by atoms with Crippen LogP contribution in [0.1, 0.15) is 70.8 Å². The van der Waals surface area contributed by atoms with Gasteiger partial charge in [0.2, 0.25) is 5.52 Å². The molecule has 0 N–H and O–H groups in total. The molecule has 3 aromatic rings. The lowest BCUT2D eigenvalue weighted by Gasteiger charge is -2.16. The van der Waals surface area contributed by atoms with Crippen LogP contribution < -0.4 is 5.30 Å². The molecular weight excluding hydrogens is 415 g/mol. The highest BCUT2D eigenvalue weighted by atomic mass is 31.1. The van der Waals surface area contributed by atoms with E-state index in [1.165, 1.54) is 0 Å². The summed E-state index contributed by atoms with van der Waals surface area (Å²) in [7, 11) is -2.45. The third-order valence-corrected chi connectivity index (χ3v) is 8.13. The Morgan fingerprint density at radius 2 is 1.09 bits per heavy atom. The van der Waals surface area contributed by atoms with Crippen molar-refractivity contribution in [3.63, 3.8) is 0 Å². The fourth-order valence-corrected chi connectivity index (χ4v) is 5.82. The molecule has 3 rings (SSSR count). The first kappa shape index (κ1) is 23.8. The average molecular weight is 446 g/mol. The second kappa shape index (κ2) is 8.92. The standard InChI is InChI=1S/C28H30O3P/c1-15-13-17(3)25(21(7)19(15)5)27(29)23-11-9-10-12-24(23)32(31)28(30)26-18(4)14-16(2)20(6)22(26)8/h9-14H,1-8H3. The summed E-state index contributed by atoms with van der Waals surface area (Å²) in [5, 5.41) is 0.298. The number of benzene rings is 3. The number of hydrogen-bond acceptors (Lipinski definition) is 3. The predicted octanol–water partition coefficient (Wildman–Crippen LogP) is 6.68. The van der Waals surface area contributed by atoms with Gasteiger partial charge in [0.25, 0.3) is 0 Å². The van der Waals surface area contributed by atoms with Crippen molar-refractivity contribution in [2.24, 2.45) is 0 Å². The Bertz CT molecular complexity index is 1300. The second-order valence-corrected chi connectivity index (χ2v) is 10.2. The molecule has 1 radical (unpaired) electrons. The molecule has 165 valence electrons. The first-order valence-corrected chi connectivity index (χ1v) is 12.0. The fraction of sp³-hybridized carbons (Fsp3) is 0.286. The minimum absolute atomic E-state index is 0.191. The van der Waals surface area contributed by atoms with Gasteiger partial charge in [0, 0.05) is 16.7 Å². The van der Waals surface area contributed by atoms with E-state index in [0.717, 1.165) is 44.5 Å². The van der Waals surface area contributed by atoms with Crippen LogP contribution in [0, 0.1) is 55.4 Å². The Labute approximate surface area is 191 Å². The fourth-order valence-electron chi connectivity index (χ4n) is 4.44. The minimum Gasteiger partial charge on any atom is -0.289 e. The van der Waals surface area contributed by atoms with E-state index in [2.05, 4.69) is 0 Å². The summed E-state index contributed by atoms with van der Waals surface area (Å²) in [5.41, 5.74) is 8.80. The highest BCUT2D eigenvalue weighted by Gasteiger charge is 2.27. The van der Waals surface area contributed by atoms with Crippen molar-refractivity contribution < 1.29 is 14.2 Å². The summed E-state index contributed by atoms with van der Waals surface area (Å²) in [6, 6.07) is 10.8. The van der Waals surface area contributed by atoms with E-state index in [0.29, 0.717) is 22.0 Å². The Morgan fingerprint density at radius 3 is 1.66 bits per heavy atom. The lowest BCUT2D eigenvalue weighted by atomic mass is 9.89. The number of aryl methyl sites for hydroxylation is 4. The Hall–Kier alpha value is -2.90. The second-order valence-electron chi connectivity index (χ2n) is 8.72. The Morgan fingerprint density at radius 1 is 0.625 bits per heavy atom. The molecule has 0 saturated carbocycles. The van der Waals surface area contributed by atoms with Crippen molar-refractivity contribution in [3.05, 3.63) is 97.6 Å². The minimum atomic E-state index is -2.45. The summed E-state index contributed by atoms with van der Waals surface area (Å²) in [4.78, 5) is 27.0. The largest absolute Gasteiger partial charge is 0.289 e. The highest BCUT2D eigenvalue weighted by molar-refractivity contribution is 7.71. The van der Waals surface area contributed by atoms with Crippen molar-refractivity contribution in [1.82, 2.24) is 0 Å². The van der Waals surface area contributed by atoms with E-state index in [-0.39, 0.29) is 5.78 Å². The zero-order valence-electron chi connectivity index (χ0n) is 20.1. The summed E-state index contributed by atoms with van der Waals surface area (Å²) in [6.07, 6.45) is 0. The number of ketones is 1. The normalized spacial score (nSPS) is 11.4. The van der Waals surface area contributed by atoms with Crippen molar-refractivity contribution in [2.45, 2.75) is 55.4 Å². The lowest BCUT2D eigenvalue weighted by Crippen LogP contribution is -2.18. The van der Waals surface area contributed by atoms with Gasteiger partial charge in [-0.3, -0.25) is 14.2 Å². The molecule has 0 fully saturated rings. The summed E-state index contributed by atoms with van der Waals surface area (Å²) in [6.45, 7) is 15.6. The molecule has 0 aliphatic heterocycles. The maximum absolute atomic E-state index is 13.6. The molecule has 1 atom stereocenters. The van der Waals surface area contributed by atoms with Gasteiger partial charge < -0.3 is 0 Å². The molecule has 32 heavy (non-hydrogen) atoms. The van der Waals surface area contributed by atoms with Crippen LogP contribution >= 0.6 is 7.80 Å². The average Bonchev–Trinajstić information content (AvgIpc) is 2.75. The van der Waals surface area contributed by atoms with Gasteiger partial charge >= 0.3 is 0 Å². The van der Waals surface area contributed by atoms with Crippen LogP contribution in [0.3, 0.4) is 0 Å². The van der Waals surface area contributed by atoms with E-state index < -0.39 is 13.3 Å². The van der Waals surface area contributed by atoms with E-state index >= 15 is 0 Å². The highest BCUT2D eigenvalue weighted by Crippen LogP contribution is 2.34. The van der Waals surface area contributed by atoms with Crippen LogP contribution in [-0.2, 0) is 4.57 Å². The molecule has 0 saturated heterocycles. The molecule has 0 spiro atoms. The molecule has 0 aliphatic rings. The summed E-state index contributed by atoms with van der Waals surface area (Å²) < 4.78 is 13.5. The third-order valence-electron chi connectivity index (χ3n) is 6.71. The van der Waals surface area contributed by atoms with Gasteiger partial charge in [-0.25, -0.2) is 0 Å². The summed E-state index contributed by atoms with van der Waals surface area (Å²) in [5.74, 6) is -0.191. The van der Waals surface area contributed by atoms with Crippen molar-refractivity contribution in [1.29, 1.82) is 0 Å². The van der Waals surface area contributed by atoms with E-state index in [4.69, 9.17) is 0 Å². The summed E-state index contributed by atoms with van der Waals surface area (Å²) >= 11 is 0. The first-order valence-electron chi connectivity index (χ1n) is 10.8. The maximum Gasteiger partial charge on any atom is 0.247 e. The van der Waals surface area contributed by atoms with Crippen LogP contribution in [0.15, 0.2) is 36.4 Å². The quantitative estimate of drug-likeness (QED) is 0.325. The van der Waals surface area contributed by atoms with Gasteiger partial charge in [-0.15, -0.1) is 0 Å². The van der Waals surface area contributed by atoms with Gasteiger partial charge in [-0.1, -0.05) is 24.3 Å². The van der Waals surface area contributed by atoms with E-state index in [1.807, 2.05) is 67.5 Å². The molecule has 0 aliphatic carbocycles. The van der Waals surface area contributed by atoms with Gasteiger partial charge in [0.1, 0.15) is 0 Å². The number of carbonyl (C=O) groups excluding carboxylic acids is 2. The van der Waals surface area contributed by atoms with Gasteiger partial charge in [-0.2, -0.15) is 0 Å². The van der Waals surface area contributed by atoms with Crippen LogP contribution in [0.25, 0.3) is 0 Å². The van der Waals surface area contributed by atoms with Gasteiger partial charge in [0.15, 0.2) is 13.6 Å². The van der Waals surface area contributed by atoms with Crippen LogP contribution in [-0.4, -0.2) is 11.3 Å². The number of rotatable bonds is 5. The topological polar surface area (TPSA) is 51.2 Å². The van der Waals surface area contributed by atoms with Crippen LogP contribution in [0.4, 0.5) is 0 Å². The van der Waals surface area contributed by atoms with Crippen molar-refractivity contribution in [3.8, 4) is 0 Å².